The third kappa shape index (κ3) is 3.08. The van der Waals surface area contributed by atoms with Crippen molar-refractivity contribution in [1.82, 2.24) is 10.3 Å². The molecule has 2 nitrogen and oxygen atoms in total. The Bertz CT molecular complexity index is 601. The van der Waals surface area contributed by atoms with Crippen molar-refractivity contribution in [2.24, 2.45) is 5.92 Å². The summed E-state index contributed by atoms with van der Waals surface area (Å²) in [5.74, 6) is 0.801. The second-order valence-corrected chi connectivity index (χ2v) is 6.32. The van der Waals surface area contributed by atoms with Crippen LogP contribution in [0, 0.1) is 5.92 Å². The fourth-order valence-electron chi connectivity index (χ4n) is 2.97. The second kappa shape index (κ2) is 6.30. The van der Waals surface area contributed by atoms with Crippen molar-refractivity contribution in [2.45, 2.75) is 25.7 Å². The Morgan fingerprint density at radius 3 is 2.80 bits per heavy atom. The highest BCUT2D eigenvalue weighted by atomic mass is 35.5. The van der Waals surface area contributed by atoms with Crippen molar-refractivity contribution in [2.75, 3.05) is 13.1 Å². The van der Waals surface area contributed by atoms with Gasteiger partial charge in [-0.2, -0.15) is 0 Å². The quantitative estimate of drug-likeness (QED) is 0.904. The normalized spacial score (nSPS) is 16.7. The number of rotatable bonds is 3. The third-order valence-electron chi connectivity index (χ3n) is 4.15. The van der Waals surface area contributed by atoms with Gasteiger partial charge in [0.1, 0.15) is 0 Å². The van der Waals surface area contributed by atoms with Gasteiger partial charge in [0.2, 0.25) is 0 Å². The summed E-state index contributed by atoms with van der Waals surface area (Å²) in [6.07, 6.45) is 6.48. The molecule has 4 heteroatoms. The van der Waals surface area contributed by atoms with E-state index in [0.29, 0.717) is 0 Å². The zero-order chi connectivity index (χ0) is 13.9. The van der Waals surface area contributed by atoms with Crippen molar-refractivity contribution in [1.29, 1.82) is 0 Å². The van der Waals surface area contributed by atoms with E-state index in [2.05, 4.69) is 10.3 Å². The van der Waals surface area contributed by atoms with Crippen molar-refractivity contribution >= 4 is 34.1 Å². The zero-order valence-corrected chi connectivity index (χ0v) is 12.8. The lowest BCUT2D eigenvalue weighted by atomic mass is 9.90. The number of aryl methyl sites for hydroxylation is 1. The monoisotopic (exact) mass is 308 g/mol. The molecule has 0 radical (unpaired) electrons. The van der Waals surface area contributed by atoms with Crippen LogP contribution in [0.2, 0.25) is 10.0 Å². The van der Waals surface area contributed by atoms with E-state index in [4.69, 9.17) is 23.2 Å². The molecule has 2 heterocycles. The Labute approximate surface area is 129 Å². The van der Waals surface area contributed by atoms with E-state index in [1.165, 1.54) is 24.8 Å². The van der Waals surface area contributed by atoms with Crippen LogP contribution in [-0.4, -0.2) is 18.1 Å². The third-order valence-corrected chi connectivity index (χ3v) is 4.71. The number of nitrogens with zero attached hydrogens (tertiary/aromatic N) is 1. The van der Waals surface area contributed by atoms with Crippen LogP contribution >= 0.6 is 23.2 Å². The van der Waals surface area contributed by atoms with E-state index in [1.54, 1.807) is 6.20 Å². The lowest BCUT2D eigenvalue weighted by Gasteiger charge is -2.22. The summed E-state index contributed by atoms with van der Waals surface area (Å²) in [6, 6.07) is 5.82. The summed E-state index contributed by atoms with van der Waals surface area (Å²) in [4.78, 5) is 4.38. The van der Waals surface area contributed by atoms with Gasteiger partial charge in [0.05, 0.1) is 10.5 Å². The summed E-state index contributed by atoms with van der Waals surface area (Å²) in [5, 5.41) is 6.00. The molecule has 3 rings (SSSR count). The fourth-order valence-corrected chi connectivity index (χ4v) is 3.39. The van der Waals surface area contributed by atoms with Crippen LogP contribution < -0.4 is 5.32 Å². The van der Waals surface area contributed by atoms with Gasteiger partial charge in [0.25, 0.3) is 0 Å². The first kappa shape index (κ1) is 14.1. The molecule has 0 bridgehead atoms. The van der Waals surface area contributed by atoms with Crippen LogP contribution in [0.4, 0.5) is 0 Å². The summed E-state index contributed by atoms with van der Waals surface area (Å²) in [6.45, 7) is 2.28. The summed E-state index contributed by atoms with van der Waals surface area (Å²) in [7, 11) is 0. The first-order chi connectivity index (χ1) is 9.74. The molecule has 1 N–H and O–H groups in total. The zero-order valence-electron chi connectivity index (χ0n) is 11.3. The van der Waals surface area contributed by atoms with Gasteiger partial charge in [0, 0.05) is 16.6 Å². The van der Waals surface area contributed by atoms with Crippen LogP contribution in [0.25, 0.3) is 10.9 Å². The highest BCUT2D eigenvalue weighted by Crippen LogP contribution is 2.29. The molecule has 2 aromatic rings. The summed E-state index contributed by atoms with van der Waals surface area (Å²) < 4.78 is 0. The van der Waals surface area contributed by atoms with Crippen molar-refractivity contribution in [3.8, 4) is 0 Å². The lowest BCUT2D eigenvalue weighted by molar-refractivity contribution is 0.354. The van der Waals surface area contributed by atoms with Crippen LogP contribution in [0.15, 0.2) is 24.4 Å². The van der Waals surface area contributed by atoms with Gasteiger partial charge in [-0.05, 0) is 68.5 Å². The number of fused-ring (bicyclic) bond motifs is 1. The lowest BCUT2D eigenvalue weighted by Crippen LogP contribution is -2.27. The molecule has 0 saturated carbocycles. The minimum Gasteiger partial charge on any atom is -0.317 e. The SMILES string of the molecule is Clc1ccc2ncc(Cl)c(CCC3CCNCC3)c2c1. The smallest absolute Gasteiger partial charge is 0.0706 e. The standard InChI is InChI=1S/C16H18Cl2N2/c17-12-2-4-16-14(9-12)13(15(18)10-20-16)3-1-11-5-7-19-8-6-11/h2,4,9-11,19H,1,3,5-8H2. The molecule has 1 aliphatic rings. The van der Waals surface area contributed by atoms with E-state index in [-0.39, 0.29) is 0 Å². The Hall–Kier alpha value is -0.830. The topological polar surface area (TPSA) is 24.9 Å². The number of benzene rings is 1. The van der Waals surface area contributed by atoms with Crippen LogP contribution in [-0.2, 0) is 6.42 Å². The summed E-state index contributed by atoms with van der Waals surface area (Å²) in [5.41, 5.74) is 2.16. The largest absolute Gasteiger partial charge is 0.317 e. The van der Waals surface area contributed by atoms with Crippen molar-refractivity contribution < 1.29 is 0 Å². The molecule has 1 fully saturated rings. The van der Waals surface area contributed by atoms with Gasteiger partial charge >= 0.3 is 0 Å². The fraction of sp³-hybridized carbons (Fsp3) is 0.438. The average molecular weight is 309 g/mol. The van der Waals surface area contributed by atoms with Gasteiger partial charge in [0.15, 0.2) is 0 Å². The van der Waals surface area contributed by atoms with E-state index in [0.717, 1.165) is 46.4 Å². The first-order valence-corrected chi connectivity index (χ1v) is 7.93. The molecule has 1 saturated heterocycles. The molecular weight excluding hydrogens is 291 g/mol. The average Bonchev–Trinajstić information content (AvgIpc) is 2.47. The highest BCUT2D eigenvalue weighted by molar-refractivity contribution is 6.33. The molecule has 0 amide bonds. The number of hydrogen-bond acceptors (Lipinski definition) is 2. The number of aromatic nitrogens is 1. The highest BCUT2D eigenvalue weighted by Gasteiger charge is 2.15. The molecule has 1 aromatic heterocycles. The maximum atomic E-state index is 6.36. The predicted octanol–water partition coefficient (Wildman–Crippen LogP) is 4.47. The van der Waals surface area contributed by atoms with Gasteiger partial charge < -0.3 is 5.32 Å². The van der Waals surface area contributed by atoms with Crippen molar-refractivity contribution in [3.05, 3.63) is 40.0 Å². The van der Waals surface area contributed by atoms with Gasteiger partial charge in [-0.3, -0.25) is 4.98 Å². The van der Waals surface area contributed by atoms with Gasteiger partial charge in [-0.15, -0.1) is 0 Å². The van der Waals surface area contributed by atoms with Crippen LogP contribution in [0.1, 0.15) is 24.8 Å². The Kier molecular flexibility index (Phi) is 4.45. The maximum Gasteiger partial charge on any atom is 0.0706 e. The minimum atomic E-state index is 0.740. The molecule has 0 spiro atoms. The number of piperidine rings is 1. The number of hydrogen-bond donors (Lipinski definition) is 1. The molecule has 0 unspecified atom stereocenters. The Morgan fingerprint density at radius 1 is 1.20 bits per heavy atom. The predicted molar refractivity (Wildman–Crippen MR) is 85.7 cm³/mol. The molecule has 1 aromatic carbocycles. The second-order valence-electron chi connectivity index (χ2n) is 5.48. The summed E-state index contributed by atoms with van der Waals surface area (Å²) >= 11 is 12.5. The van der Waals surface area contributed by atoms with E-state index in [1.807, 2.05) is 18.2 Å². The van der Waals surface area contributed by atoms with E-state index in [9.17, 15) is 0 Å². The van der Waals surface area contributed by atoms with Gasteiger partial charge in [-0.25, -0.2) is 0 Å². The molecule has 20 heavy (non-hydrogen) atoms. The number of nitrogens with one attached hydrogen (secondary N) is 1. The molecular formula is C16H18Cl2N2. The molecule has 106 valence electrons. The number of pyridine rings is 1. The first-order valence-electron chi connectivity index (χ1n) is 7.17. The van der Waals surface area contributed by atoms with Crippen LogP contribution in [0.3, 0.4) is 0 Å². The Morgan fingerprint density at radius 2 is 2.00 bits per heavy atom. The molecule has 1 aliphatic heterocycles. The minimum absolute atomic E-state index is 0.740. The maximum absolute atomic E-state index is 6.36. The van der Waals surface area contributed by atoms with Gasteiger partial charge in [-0.1, -0.05) is 23.2 Å². The van der Waals surface area contributed by atoms with E-state index >= 15 is 0 Å². The molecule has 0 atom stereocenters. The van der Waals surface area contributed by atoms with E-state index < -0.39 is 0 Å². The van der Waals surface area contributed by atoms with Crippen LogP contribution in [0.5, 0.6) is 0 Å². The Balaban J connectivity index is 1.85. The van der Waals surface area contributed by atoms with Crippen molar-refractivity contribution in [3.63, 3.8) is 0 Å². The molecule has 0 aliphatic carbocycles. The number of halogens is 2.